The maximum atomic E-state index is 13.3. The van der Waals surface area contributed by atoms with Crippen LogP contribution in [0.25, 0.3) is 0 Å². The minimum atomic E-state index is -0.365. The number of ether oxygens (including phenoxy) is 2. The Bertz CT molecular complexity index is 1340. The number of rotatable bonds is 6. The van der Waals surface area contributed by atoms with E-state index in [0.717, 1.165) is 16.8 Å². The summed E-state index contributed by atoms with van der Waals surface area (Å²) < 4.78 is 24.9. The number of hydrogen-bond donors (Lipinski definition) is 0. The highest BCUT2D eigenvalue weighted by Gasteiger charge is 2.38. The first-order valence-corrected chi connectivity index (χ1v) is 12.5. The van der Waals surface area contributed by atoms with Gasteiger partial charge in [0.1, 0.15) is 12.4 Å². The Morgan fingerprint density at radius 1 is 1.08 bits per heavy atom. The number of thioether (sulfide) groups is 1. The van der Waals surface area contributed by atoms with Gasteiger partial charge in [0.2, 0.25) is 5.91 Å². The summed E-state index contributed by atoms with van der Waals surface area (Å²) in [6.45, 7) is 0.725. The van der Waals surface area contributed by atoms with Crippen LogP contribution in [0.1, 0.15) is 23.5 Å². The number of carbonyl (C=O) groups excluding carboxylic acids is 1. The van der Waals surface area contributed by atoms with E-state index in [1.54, 1.807) is 24.1 Å². The number of nitriles is 1. The summed E-state index contributed by atoms with van der Waals surface area (Å²) in [5.41, 5.74) is 3.27. The van der Waals surface area contributed by atoms with Gasteiger partial charge in [-0.3, -0.25) is 9.69 Å². The second-order valence-corrected chi connectivity index (χ2v) is 9.46. The zero-order chi connectivity index (χ0) is 25.1. The quantitative estimate of drug-likeness (QED) is 0.436. The highest BCUT2D eigenvalue weighted by molar-refractivity contribution is 8.03. The fourth-order valence-corrected chi connectivity index (χ4v) is 5.59. The average Bonchev–Trinajstić information content (AvgIpc) is 2.92. The number of fused-ring (bicyclic) bond motifs is 1. The Hall–Kier alpha value is -3.96. The molecule has 2 heterocycles. The largest absolute Gasteiger partial charge is 0.493 e. The van der Waals surface area contributed by atoms with Crippen LogP contribution in [0, 0.1) is 17.1 Å². The van der Waals surface area contributed by atoms with Gasteiger partial charge in [-0.2, -0.15) is 5.26 Å². The van der Waals surface area contributed by atoms with Crippen molar-refractivity contribution in [2.24, 2.45) is 0 Å². The van der Waals surface area contributed by atoms with E-state index in [-0.39, 0.29) is 24.1 Å². The molecule has 5 rings (SSSR count). The molecule has 0 saturated carbocycles. The summed E-state index contributed by atoms with van der Waals surface area (Å²) in [6.07, 6.45) is 0.178. The van der Waals surface area contributed by atoms with Crippen molar-refractivity contribution in [2.45, 2.75) is 18.9 Å². The number of allylic oxidation sites excluding steroid dienone is 1. The number of amides is 1. The number of hydrogen-bond acceptors (Lipinski definition) is 6. The molecule has 0 spiro atoms. The van der Waals surface area contributed by atoms with Crippen molar-refractivity contribution in [2.75, 3.05) is 24.6 Å². The fraction of sp³-hybridized carbons (Fsp3) is 0.214. The molecule has 182 valence electrons. The third-order valence-electron chi connectivity index (χ3n) is 6.31. The van der Waals surface area contributed by atoms with Gasteiger partial charge in [-0.1, -0.05) is 48.2 Å². The van der Waals surface area contributed by atoms with Crippen molar-refractivity contribution in [1.82, 2.24) is 4.90 Å². The number of halogens is 1. The first kappa shape index (κ1) is 23.8. The van der Waals surface area contributed by atoms with Crippen LogP contribution in [-0.4, -0.2) is 30.5 Å². The van der Waals surface area contributed by atoms with Gasteiger partial charge in [0.15, 0.2) is 11.5 Å². The number of methoxy groups -OCH3 is 1. The lowest BCUT2D eigenvalue weighted by Gasteiger charge is -2.42. The predicted octanol–water partition coefficient (Wildman–Crippen LogP) is 5.63. The summed E-state index contributed by atoms with van der Waals surface area (Å²) >= 11 is 1.45. The number of anilines is 1. The second-order valence-electron chi connectivity index (χ2n) is 8.52. The first-order chi connectivity index (χ1) is 17.6. The summed E-state index contributed by atoms with van der Waals surface area (Å²) in [4.78, 5) is 16.9. The molecule has 0 aliphatic carbocycles. The summed E-state index contributed by atoms with van der Waals surface area (Å²) in [5, 5.41) is 10.8. The van der Waals surface area contributed by atoms with Crippen LogP contribution in [0.3, 0.4) is 0 Å². The molecule has 0 aromatic heterocycles. The molecule has 0 N–H and O–H groups in total. The van der Waals surface area contributed by atoms with E-state index in [4.69, 9.17) is 9.47 Å². The standard InChI is InChI=1S/C28H24FN3O3S/c1-34-26-13-20(7-12-25(26)35-16-19-5-3-2-4-6-19)23-14-27(33)32-17-31(18-36-28(32)24(23)15-30)22-10-8-21(29)9-11-22/h2-13,23H,14,16-18H2,1H3/t23-/m1/s1. The lowest BCUT2D eigenvalue weighted by Crippen LogP contribution is -2.47. The van der Waals surface area contributed by atoms with E-state index in [2.05, 4.69) is 6.07 Å². The van der Waals surface area contributed by atoms with Gasteiger partial charge in [0.25, 0.3) is 0 Å². The minimum Gasteiger partial charge on any atom is -0.493 e. The normalized spacial score (nSPS) is 17.5. The fourth-order valence-electron chi connectivity index (χ4n) is 4.42. The van der Waals surface area contributed by atoms with Crippen molar-refractivity contribution >= 4 is 23.4 Å². The Morgan fingerprint density at radius 3 is 2.58 bits per heavy atom. The molecule has 0 unspecified atom stereocenters. The Morgan fingerprint density at radius 2 is 1.86 bits per heavy atom. The van der Waals surface area contributed by atoms with E-state index in [0.29, 0.717) is 41.3 Å². The predicted molar refractivity (Wildman–Crippen MR) is 137 cm³/mol. The van der Waals surface area contributed by atoms with Gasteiger partial charge in [0, 0.05) is 18.0 Å². The lowest BCUT2D eigenvalue weighted by atomic mass is 9.86. The van der Waals surface area contributed by atoms with Gasteiger partial charge < -0.3 is 14.4 Å². The third kappa shape index (κ3) is 4.75. The van der Waals surface area contributed by atoms with Crippen molar-refractivity contribution in [3.63, 3.8) is 0 Å². The molecule has 0 radical (unpaired) electrons. The molecule has 2 aliphatic rings. The van der Waals surface area contributed by atoms with Gasteiger partial charge in [-0.05, 0) is 47.5 Å². The molecule has 3 aromatic rings. The van der Waals surface area contributed by atoms with Crippen LogP contribution < -0.4 is 14.4 Å². The molecule has 8 heteroatoms. The highest BCUT2D eigenvalue weighted by atomic mass is 32.2. The van der Waals surface area contributed by atoms with Crippen LogP contribution >= 0.6 is 11.8 Å². The topological polar surface area (TPSA) is 65.8 Å². The molecule has 0 bridgehead atoms. The molecule has 6 nitrogen and oxygen atoms in total. The smallest absolute Gasteiger partial charge is 0.229 e. The summed E-state index contributed by atoms with van der Waals surface area (Å²) in [5.74, 6) is 0.978. The maximum absolute atomic E-state index is 13.3. The molecular formula is C28H24FN3O3S. The summed E-state index contributed by atoms with van der Waals surface area (Å²) in [7, 11) is 1.58. The van der Waals surface area contributed by atoms with Gasteiger partial charge in [0.05, 0.1) is 36.3 Å². The Labute approximate surface area is 213 Å². The van der Waals surface area contributed by atoms with Crippen LogP contribution in [0.4, 0.5) is 10.1 Å². The van der Waals surface area contributed by atoms with Crippen LogP contribution in [0.5, 0.6) is 11.5 Å². The Balaban J connectivity index is 1.38. The van der Waals surface area contributed by atoms with Crippen molar-refractivity contribution < 1.29 is 18.7 Å². The van der Waals surface area contributed by atoms with E-state index >= 15 is 0 Å². The number of carbonyl (C=O) groups is 1. The van der Waals surface area contributed by atoms with E-state index in [1.807, 2.05) is 53.4 Å². The molecule has 2 aliphatic heterocycles. The Kier molecular flexibility index (Phi) is 6.83. The highest BCUT2D eigenvalue weighted by Crippen LogP contribution is 2.44. The van der Waals surface area contributed by atoms with E-state index < -0.39 is 0 Å². The van der Waals surface area contributed by atoms with E-state index in [9.17, 15) is 14.4 Å². The molecular weight excluding hydrogens is 477 g/mol. The van der Waals surface area contributed by atoms with Crippen molar-refractivity contribution in [3.8, 4) is 17.6 Å². The maximum Gasteiger partial charge on any atom is 0.229 e. The second kappa shape index (κ2) is 10.3. The monoisotopic (exact) mass is 501 g/mol. The van der Waals surface area contributed by atoms with Gasteiger partial charge in [-0.25, -0.2) is 4.39 Å². The lowest BCUT2D eigenvalue weighted by molar-refractivity contribution is -0.129. The van der Waals surface area contributed by atoms with E-state index in [1.165, 1.54) is 23.9 Å². The van der Waals surface area contributed by atoms with Crippen LogP contribution in [0.2, 0.25) is 0 Å². The SMILES string of the molecule is COc1cc([C@H]2CC(=O)N3CN(c4ccc(F)cc4)CSC3=C2C#N)ccc1OCc1ccccc1. The minimum absolute atomic E-state index is 0.0586. The molecule has 36 heavy (non-hydrogen) atoms. The number of nitrogens with zero attached hydrogens (tertiary/aromatic N) is 3. The van der Waals surface area contributed by atoms with Gasteiger partial charge >= 0.3 is 0 Å². The molecule has 1 saturated heterocycles. The van der Waals surface area contributed by atoms with Crippen molar-refractivity contribution in [3.05, 3.63) is 100 Å². The first-order valence-electron chi connectivity index (χ1n) is 11.5. The summed E-state index contributed by atoms with van der Waals surface area (Å²) in [6, 6.07) is 24.0. The zero-order valence-corrected chi connectivity index (χ0v) is 20.5. The van der Waals surface area contributed by atoms with Crippen LogP contribution in [-0.2, 0) is 11.4 Å². The zero-order valence-electron chi connectivity index (χ0n) is 19.7. The average molecular weight is 502 g/mol. The molecule has 3 aromatic carbocycles. The van der Waals surface area contributed by atoms with Crippen molar-refractivity contribution in [1.29, 1.82) is 5.26 Å². The number of benzene rings is 3. The van der Waals surface area contributed by atoms with Crippen LogP contribution in [0.15, 0.2) is 83.4 Å². The molecule has 1 atom stereocenters. The molecule has 1 amide bonds. The van der Waals surface area contributed by atoms with Gasteiger partial charge in [-0.15, -0.1) is 0 Å². The third-order valence-corrected chi connectivity index (χ3v) is 7.47. The molecule has 1 fully saturated rings.